The molecular weight excluding hydrogens is 399 g/mol. The Balaban J connectivity index is 1.57. The molecular formula is C22H14F3NO2S. The highest BCUT2D eigenvalue weighted by molar-refractivity contribution is 8.18. The van der Waals surface area contributed by atoms with E-state index in [0.717, 1.165) is 45.1 Å². The first kappa shape index (κ1) is 19.3. The van der Waals surface area contributed by atoms with E-state index < -0.39 is 22.9 Å². The predicted molar refractivity (Wildman–Crippen MR) is 107 cm³/mol. The van der Waals surface area contributed by atoms with Gasteiger partial charge in [0.25, 0.3) is 11.1 Å². The van der Waals surface area contributed by atoms with E-state index in [0.29, 0.717) is 0 Å². The van der Waals surface area contributed by atoms with Crippen molar-refractivity contribution < 1.29 is 22.8 Å². The van der Waals surface area contributed by atoms with Crippen LogP contribution in [0, 0.1) is 0 Å². The number of carbonyl (C=O) groups is 2. The summed E-state index contributed by atoms with van der Waals surface area (Å²) in [4.78, 5) is 26.2. The summed E-state index contributed by atoms with van der Waals surface area (Å²) in [5.41, 5.74) is 0.212. The van der Waals surface area contributed by atoms with Crippen LogP contribution in [0.25, 0.3) is 16.8 Å². The third kappa shape index (κ3) is 4.05. The molecule has 1 heterocycles. The molecule has 0 spiro atoms. The van der Waals surface area contributed by atoms with Crippen LogP contribution < -0.4 is 0 Å². The largest absolute Gasteiger partial charge is 0.416 e. The number of alkyl halides is 3. The van der Waals surface area contributed by atoms with Crippen LogP contribution in [0.1, 0.15) is 16.7 Å². The molecule has 3 aromatic rings. The highest BCUT2D eigenvalue weighted by Crippen LogP contribution is 2.35. The van der Waals surface area contributed by atoms with E-state index in [1.807, 2.05) is 42.5 Å². The molecule has 2 amide bonds. The van der Waals surface area contributed by atoms with Gasteiger partial charge < -0.3 is 0 Å². The van der Waals surface area contributed by atoms with Gasteiger partial charge in [-0.3, -0.25) is 14.5 Å². The van der Waals surface area contributed by atoms with Crippen molar-refractivity contribution in [2.24, 2.45) is 0 Å². The van der Waals surface area contributed by atoms with Crippen LogP contribution in [0.5, 0.6) is 0 Å². The second-order valence-electron chi connectivity index (χ2n) is 6.57. The van der Waals surface area contributed by atoms with E-state index in [2.05, 4.69) is 0 Å². The molecule has 0 aliphatic carbocycles. The molecule has 0 aromatic heterocycles. The zero-order chi connectivity index (χ0) is 20.6. The molecule has 1 aliphatic heterocycles. The van der Waals surface area contributed by atoms with Gasteiger partial charge in [-0.15, -0.1) is 0 Å². The first-order valence-electron chi connectivity index (χ1n) is 8.71. The maximum atomic E-state index is 12.9. The Bertz CT molecular complexity index is 1150. The molecule has 3 nitrogen and oxygen atoms in total. The lowest BCUT2D eigenvalue weighted by Gasteiger charge is -2.13. The lowest BCUT2D eigenvalue weighted by Crippen LogP contribution is -2.27. The summed E-state index contributed by atoms with van der Waals surface area (Å²) in [6.07, 6.45) is -3.15. The van der Waals surface area contributed by atoms with Crippen molar-refractivity contribution >= 4 is 39.8 Å². The normalized spacial score (nSPS) is 16.2. The minimum Gasteiger partial charge on any atom is -0.268 e. The molecule has 0 saturated carbocycles. The first-order chi connectivity index (χ1) is 13.8. The zero-order valence-electron chi connectivity index (χ0n) is 14.9. The summed E-state index contributed by atoms with van der Waals surface area (Å²) >= 11 is 0.730. The molecule has 3 aromatic carbocycles. The van der Waals surface area contributed by atoms with Gasteiger partial charge in [-0.05, 0) is 57.9 Å². The molecule has 146 valence electrons. The SMILES string of the molecule is O=C1S/C(=C\c2cccc(C(F)(F)F)c2)C(=O)N1Cc1ccc2ccccc2c1. The zero-order valence-corrected chi connectivity index (χ0v) is 15.8. The van der Waals surface area contributed by atoms with E-state index in [4.69, 9.17) is 0 Å². The van der Waals surface area contributed by atoms with Gasteiger partial charge in [0.05, 0.1) is 17.0 Å². The fourth-order valence-corrected chi connectivity index (χ4v) is 3.95. The quantitative estimate of drug-likeness (QED) is 0.487. The Hall–Kier alpha value is -3.06. The molecule has 1 aliphatic rings. The number of thioether (sulfide) groups is 1. The number of rotatable bonds is 3. The van der Waals surface area contributed by atoms with E-state index in [9.17, 15) is 22.8 Å². The van der Waals surface area contributed by atoms with Crippen molar-refractivity contribution in [3.05, 3.63) is 88.3 Å². The number of nitrogens with zero attached hydrogens (tertiary/aromatic N) is 1. The fourth-order valence-electron chi connectivity index (χ4n) is 3.11. The Kier molecular flexibility index (Phi) is 4.92. The number of amides is 2. The van der Waals surface area contributed by atoms with Crippen LogP contribution in [0.2, 0.25) is 0 Å². The lowest BCUT2D eigenvalue weighted by molar-refractivity contribution is -0.137. The van der Waals surface area contributed by atoms with Gasteiger partial charge in [-0.1, -0.05) is 48.5 Å². The second kappa shape index (κ2) is 7.40. The van der Waals surface area contributed by atoms with E-state index in [1.54, 1.807) is 0 Å². The number of carbonyl (C=O) groups excluding carboxylic acids is 2. The Labute approximate surface area is 168 Å². The van der Waals surface area contributed by atoms with Gasteiger partial charge in [0, 0.05) is 0 Å². The predicted octanol–water partition coefficient (Wildman–Crippen LogP) is 6.10. The van der Waals surface area contributed by atoms with Crippen molar-refractivity contribution in [1.82, 2.24) is 4.90 Å². The molecule has 0 radical (unpaired) electrons. The van der Waals surface area contributed by atoms with Gasteiger partial charge in [-0.25, -0.2) is 0 Å². The molecule has 0 unspecified atom stereocenters. The molecule has 0 atom stereocenters. The Morgan fingerprint density at radius 2 is 1.66 bits per heavy atom. The second-order valence-corrected chi connectivity index (χ2v) is 7.57. The summed E-state index contributed by atoms with van der Waals surface area (Å²) in [6.45, 7) is 0.107. The number of halogens is 3. The minimum atomic E-state index is -4.47. The van der Waals surface area contributed by atoms with Gasteiger partial charge in [0.1, 0.15) is 0 Å². The standard InChI is InChI=1S/C22H14F3NO2S/c23-22(24,25)18-7-3-4-14(11-18)12-19-20(27)26(21(28)29-19)13-15-8-9-16-5-1-2-6-17(16)10-15/h1-12H,13H2/b19-12-. The summed E-state index contributed by atoms with van der Waals surface area (Å²) < 4.78 is 38.6. The monoisotopic (exact) mass is 413 g/mol. The molecule has 0 bridgehead atoms. The van der Waals surface area contributed by atoms with Gasteiger partial charge in [0.2, 0.25) is 0 Å². The van der Waals surface area contributed by atoms with Crippen LogP contribution >= 0.6 is 11.8 Å². The molecule has 0 N–H and O–H groups in total. The van der Waals surface area contributed by atoms with E-state index in [1.165, 1.54) is 18.2 Å². The number of hydrogen-bond donors (Lipinski definition) is 0. The number of fused-ring (bicyclic) bond motifs is 1. The molecule has 1 fully saturated rings. The van der Waals surface area contributed by atoms with Crippen molar-refractivity contribution in [3.63, 3.8) is 0 Å². The topological polar surface area (TPSA) is 37.4 Å². The Morgan fingerprint density at radius 3 is 2.41 bits per heavy atom. The van der Waals surface area contributed by atoms with Gasteiger partial charge in [0.15, 0.2) is 0 Å². The van der Waals surface area contributed by atoms with E-state index >= 15 is 0 Å². The maximum Gasteiger partial charge on any atom is 0.416 e. The molecule has 4 rings (SSSR count). The summed E-state index contributed by atoms with van der Waals surface area (Å²) in [5, 5.41) is 1.60. The summed E-state index contributed by atoms with van der Waals surface area (Å²) in [6, 6.07) is 18.1. The summed E-state index contributed by atoms with van der Waals surface area (Å²) in [5.74, 6) is -0.509. The third-order valence-electron chi connectivity index (χ3n) is 4.54. The highest BCUT2D eigenvalue weighted by atomic mass is 32.2. The van der Waals surface area contributed by atoms with Crippen molar-refractivity contribution in [3.8, 4) is 0 Å². The first-order valence-corrected chi connectivity index (χ1v) is 9.53. The van der Waals surface area contributed by atoms with Gasteiger partial charge >= 0.3 is 6.18 Å². The van der Waals surface area contributed by atoms with Crippen LogP contribution in [0.3, 0.4) is 0 Å². The third-order valence-corrected chi connectivity index (χ3v) is 5.45. The maximum absolute atomic E-state index is 12.9. The summed E-state index contributed by atoms with van der Waals surface area (Å²) in [7, 11) is 0. The van der Waals surface area contributed by atoms with Crippen molar-refractivity contribution in [2.45, 2.75) is 12.7 Å². The average Bonchev–Trinajstić information content (AvgIpc) is 2.95. The van der Waals surface area contributed by atoms with Crippen LogP contribution in [-0.2, 0) is 17.5 Å². The van der Waals surface area contributed by atoms with Crippen LogP contribution in [0.15, 0.2) is 71.6 Å². The lowest BCUT2D eigenvalue weighted by atomic mass is 10.1. The molecule has 29 heavy (non-hydrogen) atoms. The van der Waals surface area contributed by atoms with Gasteiger partial charge in [-0.2, -0.15) is 13.2 Å². The number of imide groups is 1. The van der Waals surface area contributed by atoms with E-state index in [-0.39, 0.29) is 17.0 Å². The van der Waals surface area contributed by atoms with Crippen LogP contribution in [-0.4, -0.2) is 16.0 Å². The molecule has 7 heteroatoms. The Morgan fingerprint density at radius 1 is 0.897 bits per heavy atom. The minimum absolute atomic E-state index is 0.107. The number of hydrogen-bond acceptors (Lipinski definition) is 3. The molecule has 1 saturated heterocycles. The van der Waals surface area contributed by atoms with Crippen molar-refractivity contribution in [1.29, 1.82) is 0 Å². The average molecular weight is 413 g/mol. The number of benzene rings is 3. The van der Waals surface area contributed by atoms with Crippen LogP contribution in [0.4, 0.5) is 18.0 Å². The fraction of sp³-hybridized carbons (Fsp3) is 0.0909. The highest BCUT2D eigenvalue weighted by Gasteiger charge is 2.35. The smallest absolute Gasteiger partial charge is 0.268 e. The van der Waals surface area contributed by atoms with Crippen molar-refractivity contribution in [2.75, 3.05) is 0 Å².